The molecule has 4 nitrogen and oxygen atoms in total. The molecule has 0 amide bonds. The zero-order valence-electron chi connectivity index (χ0n) is 14.4. The van der Waals surface area contributed by atoms with Gasteiger partial charge < -0.3 is 4.90 Å². The average molecular weight is 320 g/mol. The number of allylic oxidation sites excluding steroid dienone is 4. The molecule has 0 bridgehead atoms. The lowest BCUT2D eigenvalue weighted by Crippen LogP contribution is -2.27. The molecule has 1 heterocycles. The highest BCUT2D eigenvalue weighted by atomic mass is 15.1. The second-order valence-electron chi connectivity index (χ2n) is 5.07. The van der Waals surface area contributed by atoms with E-state index in [1.807, 2.05) is 24.3 Å². The fourth-order valence-corrected chi connectivity index (χ4v) is 2.08. The third-order valence-electron chi connectivity index (χ3n) is 3.46. The van der Waals surface area contributed by atoms with Crippen LogP contribution in [0, 0.1) is 29.1 Å². The molecule has 0 aliphatic rings. The number of aromatic nitrogens is 2. The fraction of sp³-hybridized carbons (Fsp3) is 0.350. The molecule has 1 atom stereocenters. The summed E-state index contributed by atoms with van der Waals surface area (Å²) in [6.45, 7) is 9.81. The smallest absolute Gasteiger partial charge is 0.204 e. The zero-order chi connectivity index (χ0) is 17.6. The van der Waals surface area contributed by atoms with Gasteiger partial charge in [-0.05, 0) is 37.5 Å². The predicted octanol–water partition coefficient (Wildman–Crippen LogP) is 3.72. The first-order chi connectivity index (χ1) is 11.7. The van der Waals surface area contributed by atoms with Crippen LogP contribution in [0.15, 0.2) is 55.0 Å². The van der Waals surface area contributed by atoms with Crippen LogP contribution in [0.1, 0.15) is 32.5 Å². The molecule has 0 fully saturated rings. The van der Waals surface area contributed by atoms with Crippen LogP contribution in [-0.4, -0.2) is 28.0 Å². The molecule has 1 aromatic rings. The van der Waals surface area contributed by atoms with Crippen LogP contribution < -0.4 is 0 Å². The highest BCUT2D eigenvalue weighted by molar-refractivity contribution is 5.24. The van der Waals surface area contributed by atoms with E-state index in [2.05, 4.69) is 53.2 Å². The molecule has 0 spiro atoms. The van der Waals surface area contributed by atoms with E-state index in [4.69, 9.17) is 5.26 Å². The molecule has 0 aliphatic heterocycles. The minimum absolute atomic E-state index is 0.222. The number of rotatable bonds is 8. The van der Waals surface area contributed by atoms with E-state index in [0.29, 0.717) is 12.2 Å². The van der Waals surface area contributed by atoms with Crippen LogP contribution in [0.25, 0.3) is 0 Å². The lowest BCUT2D eigenvalue weighted by atomic mass is 10.1. The molecular weight excluding hydrogens is 296 g/mol. The van der Waals surface area contributed by atoms with Crippen molar-refractivity contribution in [2.24, 2.45) is 5.92 Å². The van der Waals surface area contributed by atoms with E-state index in [9.17, 15) is 0 Å². The van der Waals surface area contributed by atoms with Crippen LogP contribution in [-0.2, 0) is 0 Å². The number of nitriles is 1. The third-order valence-corrected chi connectivity index (χ3v) is 3.46. The summed E-state index contributed by atoms with van der Waals surface area (Å²) in [5, 5.41) is 8.57. The highest BCUT2D eigenvalue weighted by Gasteiger charge is 2.10. The van der Waals surface area contributed by atoms with Crippen molar-refractivity contribution in [1.29, 1.82) is 5.26 Å². The lowest BCUT2D eigenvalue weighted by Gasteiger charge is -2.26. The Balaban J connectivity index is 2.81. The van der Waals surface area contributed by atoms with E-state index >= 15 is 0 Å². The van der Waals surface area contributed by atoms with Crippen LogP contribution in [0.3, 0.4) is 0 Å². The summed E-state index contributed by atoms with van der Waals surface area (Å²) in [7, 11) is 0. The maximum atomic E-state index is 8.57. The van der Waals surface area contributed by atoms with Crippen LogP contribution >= 0.6 is 0 Å². The van der Waals surface area contributed by atoms with Gasteiger partial charge in [-0.3, -0.25) is 0 Å². The molecule has 124 valence electrons. The first-order valence-corrected chi connectivity index (χ1v) is 8.14. The van der Waals surface area contributed by atoms with Crippen LogP contribution in [0.4, 0.5) is 0 Å². The zero-order valence-corrected chi connectivity index (χ0v) is 14.4. The largest absolute Gasteiger partial charge is 0.371 e. The first-order valence-electron chi connectivity index (χ1n) is 8.14. The van der Waals surface area contributed by atoms with Crippen LogP contribution in [0.5, 0.6) is 0 Å². The van der Waals surface area contributed by atoms with Gasteiger partial charge >= 0.3 is 0 Å². The molecule has 1 rings (SSSR count). The average Bonchev–Trinajstić information content (AvgIpc) is 2.64. The van der Waals surface area contributed by atoms with Gasteiger partial charge in [0.2, 0.25) is 5.82 Å². The highest BCUT2D eigenvalue weighted by Crippen LogP contribution is 2.12. The van der Waals surface area contributed by atoms with Gasteiger partial charge in [0.15, 0.2) is 0 Å². The summed E-state index contributed by atoms with van der Waals surface area (Å²) in [4.78, 5) is 10.5. The van der Waals surface area contributed by atoms with Crippen LogP contribution in [0.2, 0.25) is 0 Å². The third kappa shape index (κ3) is 6.94. The van der Waals surface area contributed by atoms with Gasteiger partial charge in [-0.2, -0.15) is 5.26 Å². The van der Waals surface area contributed by atoms with Gasteiger partial charge in [0.05, 0.1) is 12.5 Å². The number of hydrogen-bond donors (Lipinski definition) is 0. The molecule has 0 N–H and O–H groups in total. The Morgan fingerprint density at radius 2 is 2.12 bits per heavy atom. The Morgan fingerprint density at radius 3 is 2.71 bits per heavy atom. The Morgan fingerprint density at radius 1 is 1.38 bits per heavy atom. The van der Waals surface area contributed by atoms with Crippen molar-refractivity contribution in [2.75, 3.05) is 13.1 Å². The normalized spacial score (nSPS) is 12.1. The lowest BCUT2D eigenvalue weighted by molar-refractivity contribution is 0.333. The van der Waals surface area contributed by atoms with E-state index in [-0.39, 0.29) is 5.92 Å². The number of likely N-dealkylation sites (N-methyl/N-ethyl adjacent to an activating group) is 1. The second kappa shape index (κ2) is 11.7. The molecule has 24 heavy (non-hydrogen) atoms. The van der Waals surface area contributed by atoms with Gasteiger partial charge in [0.1, 0.15) is 0 Å². The Kier molecular flexibility index (Phi) is 9.34. The molecule has 0 radical (unpaired) electrons. The molecule has 1 aromatic heterocycles. The van der Waals surface area contributed by atoms with Crippen molar-refractivity contribution in [1.82, 2.24) is 14.9 Å². The standard InChI is InChI=1S/C20H24N4/c1-4-18(12-13-20-22-15-10-16-23-20)17-24(6-3)19(5-2)11-8-7-9-14-21/h5,7-8,10-11,15-16,18H,2,4,6,9,17H2,1,3H3/b8-7-,19-11+. The van der Waals surface area contributed by atoms with Crippen molar-refractivity contribution >= 4 is 0 Å². The van der Waals surface area contributed by atoms with Gasteiger partial charge in [-0.25, -0.2) is 9.97 Å². The van der Waals surface area contributed by atoms with Crippen molar-refractivity contribution < 1.29 is 0 Å². The van der Waals surface area contributed by atoms with Crippen molar-refractivity contribution in [2.45, 2.75) is 26.7 Å². The minimum atomic E-state index is 0.222. The molecule has 0 saturated heterocycles. The van der Waals surface area contributed by atoms with E-state index in [1.165, 1.54) is 0 Å². The maximum Gasteiger partial charge on any atom is 0.204 e. The molecule has 0 saturated carbocycles. The van der Waals surface area contributed by atoms with E-state index in [1.54, 1.807) is 18.5 Å². The van der Waals surface area contributed by atoms with Gasteiger partial charge in [0.25, 0.3) is 0 Å². The summed E-state index contributed by atoms with van der Waals surface area (Å²) >= 11 is 0. The van der Waals surface area contributed by atoms with Crippen molar-refractivity contribution in [3.63, 3.8) is 0 Å². The second-order valence-corrected chi connectivity index (χ2v) is 5.07. The van der Waals surface area contributed by atoms with Gasteiger partial charge in [0, 0.05) is 37.1 Å². The van der Waals surface area contributed by atoms with Crippen molar-refractivity contribution in [3.8, 4) is 17.9 Å². The summed E-state index contributed by atoms with van der Waals surface area (Å²) in [5.41, 5.74) is 1.03. The van der Waals surface area contributed by atoms with E-state index < -0.39 is 0 Å². The van der Waals surface area contributed by atoms with Crippen molar-refractivity contribution in [3.05, 3.63) is 60.9 Å². The summed E-state index contributed by atoms with van der Waals surface area (Å²) in [6, 6.07) is 3.87. The monoisotopic (exact) mass is 320 g/mol. The molecule has 0 aromatic carbocycles. The molecule has 1 unspecified atom stereocenters. The van der Waals surface area contributed by atoms with Gasteiger partial charge in [-0.1, -0.05) is 31.6 Å². The Bertz CT molecular complexity index is 656. The van der Waals surface area contributed by atoms with E-state index in [0.717, 1.165) is 25.2 Å². The summed E-state index contributed by atoms with van der Waals surface area (Å²) in [5.74, 6) is 7.09. The number of hydrogen-bond acceptors (Lipinski definition) is 4. The minimum Gasteiger partial charge on any atom is -0.371 e. The predicted molar refractivity (Wildman–Crippen MR) is 97.6 cm³/mol. The first kappa shape index (κ1) is 19.2. The van der Waals surface area contributed by atoms with Gasteiger partial charge in [-0.15, -0.1) is 0 Å². The fourth-order valence-electron chi connectivity index (χ4n) is 2.08. The molecular formula is C20H24N4. The quantitative estimate of drug-likeness (QED) is 0.541. The molecule has 4 heteroatoms. The Labute approximate surface area is 145 Å². The maximum absolute atomic E-state index is 8.57. The topological polar surface area (TPSA) is 52.8 Å². The SMILES string of the molecule is C=C/C(=C\C=C/CC#N)N(CC)CC(C#Cc1ncccn1)CC. The number of nitrogens with zero attached hydrogens (tertiary/aromatic N) is 4. The summed E-state index contributed by atoms with van der Waals surface area (Å²) < 4.78 is 0. The summed E-state index contributed by atoms with van der Waals surface area (Å²) in [6.07, 6.45) is 12.3. The Hall–Kier alpha value is -2.85. The molecule has 0 aliphatic carbocycles.